The van der Waals surface area contributed by atoms with Gasteiger partial charge in [0.05, 0.1) is 0 Å². The molecular formula is C25H45NO4. The largest absolute Gasteiger partial charge is 0.462 e. The smallest absolute Gasteiger partial charge is 0.323 e. The second-order valence-corrected chi connectivity index (χ2v) is 10.8. The summed E-state index contributed by atoms with van der Waals surface area (Å²) in [5, 5.41) is 0. The van der Waals surface area contributed by atoms with Crippen molar-refractivity contribution in [3.05, 3.63) is 0 Å². The Bertz CT molecular complexity index is 561. The van der Waals surface area contributed by atoms with Gasteiger partial charge in [-0.25, -0.2) is 0 Å². The number of esters is 2. The molecule has 2 aliphatic carbocycles. The maximum Gasteiger partial charge on any atom is 0.323 e. The summed E-state index contributed by atoms with van der Waals surface area (Å²) in [5.74, 6) is 2.33. The van der Waals surface area contributed by atoms with E-state index >= 15 is 0 Å². The molecule has 0 aromatic rings. The number of hydrogen-bond donors (Lipinski definition) is 1. The van der Waals surface area contributed by atoms with E-state index in [-0.39, 0.29) is 37.0 Å². The van der Waals surface area contributed by atoms with Crippen LogP contribution in [-0.2, 0) is 19.1 Å². The summed E-state index contributed by atoms with van der Waals surface area (Å²) in [6, 6.07) is -0.770. The average Bonchev–Trinajstić information content (AvgIpc) is 2.65. The molecule has 0 heterocycles. The lowest BCUT2D eigenvalue weighted by atomic mass is 9.75. The molecule has 0 amide bonds. The highest BCUT2D eigenvalue weighted by atomic mass is 16.5. The van der Waals surface area contributed by atoms with Crippen LogP contribution in [0, 0.1) is 35.5 Å². The van der Waals surface area contributed by atoms with Gasteiger partial charge in [-0.05, 0) is 67.6 Å². The van der Waals surface area contributed by atoms with Gasteiger partial charge in [0.1, 0.15) is 18.2 Å². The molecule has 0 bridgehead atoms. The predicted molar refractivity (Wildman–Crippen MR) is 120 cm³/mol. The summed E-state index contributed by atoms with van der Waals surface area (Å²) in [6.07, 6.45) is 6.79. The SMILES string of the molecule is CC1CCC(C(C)C)C(OC(=O)CCC(N)C(=O)OC2CC(C)CCC2C(C)C)C1. The van der Waals surface area contributed by atoms with Crippen LogP contribution >= 0.6 is 0 Å². The summed E-state index contributed by atoms with van der Waals surface area (Å²) in [7, 11) is 0. The van der Waals surface area contributed by atoms with Gasteiger partial charge < -0.3 is 15.2 Å². The molecule has 2 N–H and O–H groups in total. The van der Waals surface area contributed by atoms with Gasteiger partial charge in [-0.3, -0.25) is 9.59 Å². The Labute approximate surface area is 183 Å². The lowest BCUT2D eigenvalue weighted by Gasteiger charge is -2.37. The molecule has 2 aliphatic rings. The maximum atomic E-state index is 12.6. The standard InChI is InChI=1S/C25H45NO4/c1-15(2)19-9-7-17(5)13-22(19)29-24(27)12-11-21(26)25(28)30-23-14-18(6)8-10-20(23)16(3)4/h15-23H,7-14,26H2,1-6H3. The highest BCUT2D eigenvalue weighted by Gasteiger charge is 2.35. The summed E-state index contributed by atoms with van der Waals surface area (Å²) in [5.41, 5.74) is 6.09. The van der Waals surface area contributed by atoms with E-state index in [1.165, 1.54) is 12.8 Å². The van der Waals surface area contributed by atoms with Gasteiger partial charge in [0.15, 0.2) is 0 Å². The van der Waals surface area contributed by atoms with Gasteiger partial charge in [0.2, 0.25) is 0 Å². The number of nitrogens with two attached hydrogens (primary N) is 1. The van der Waals surface area contributed by atoms with Crippen LogP contribution in [0.4, 0.5) is 0 Å². The molecule has 0 radical (unpaired) electrons. The molecule has 0 aromatic carbocycles. The van der Waals surface area contributed by atoms with Crippen molar-refractivity contribution in [3.8, 4) is 0 Å². The minimum atomic E-state index is -0.770. The van der Waals surface area contributed by atoms with Crippen LogP contribution in [0.2, 0.25) is 0 Å². The third-order valence-electron chi connectivity index (χ3n) is 7.44. The van der Waals surface area contributed by atoms with Gasteiger partial charge in [0.25, 0.3) is 0 Å². The molecule has 2 rings (SSSR count). The van der Waals surface area contributed by atoms with Gasteiger partial charge in [0, 0.05) is 6.42 Å². The number of carbonyl (C=O) groups is 2. The van der Waals surface area contributed by atoms with E-state index in [9.17, 15) is 9.59 Å². The van der Waals surface area contributed by atoms with Crippen LogP contribution in [0.5, 0.6) is 0 Å². The quantitative estimate of drug-likeness (QED) is 0.549. The molecule has 5 nitrogen and oxygen atoms in total. The first-order valence-electron chi connectivity index (χ1n) is 12.2. The number of hydrogen-bond acceptors (Lipinski definition) is 5. The van der Waals surface area contributed by atoms with Crippen molar-refractivity contribution >= 4 is 11.9 Å². The minimum absolute atomic E-state index is 0.0139. The van der Waals surface area contributed by atoms with Crippen molar-refractivity contribution in [1.29, 1.82) is 0 Å². The van der Waals surface area contributed by atoms with Gasteiger partial charge in [-0.2, -0.15) is 0 Å². The second kappa shape index (κ2) is 11.5. The summed E-state index contributed by atoms with van der Waals surface area (Å²) in [4.78, 5) is 25.0. The van der Waals surface area contributed by atoms with E-state index in [2.05, 4.69) is 41.5 Å². The van der Waals surface area contributed by atoms with E-state index < -0.39 is 6.04 Å². The van der Waals surface area contributed by atoms with Gasteiger partial charge in [-0.1, -0.05) is 54.4 Å². The van der Waals surface area contributed by atoms with Crippen molar-refractivity contribution in [2.75, 3.05) is 0 Å². The maximum absolute atomic E-state index is 12.6. The van der Waals surface area contributed by atoms with E-state index in [1.807, 2.05) is 0 Å². The Hall–Kier alpha value is -1.10. The van der Waals surface area contributed by atoms with Crippen LogP contribution < -0.4 is 5.73 Å². The average molecular weight is 424 g/mol. The van der Waals surface area contributed by atoms with Crippen molar-refractivity contribution < 1.29 is 19.1 Å². The first-order chi connectivity index (χ1) is 14.1. The fraction of sp³-hybridized carbons (Fsp3) is 0.920. The highest BCUT2D eigenvalue weighted by Crippen LogP contribution is 2.36. The molecule has 0 saturated heterocycles. The lowest BCUT2D eigenvalue weighted by molar-refractivity contribution is -0.159. The van der Waals surface area contributed by atoms with Crippen molar-refractivity contribution in [2.24, 2.45) is 41.2 Å². The Kier molecular flexibility index (Phi) is 9.65. The first kappa shape index (κ1) is 25.2. The number of ether oxygens (including phenoxy) is 2. The molecule has 0 aromatic heterocycles. The Morgan fingerprint density at radius 3 is 1.77 bits per heavy atom. The molecular weight excluding hydrogens is 378 g/mol. The molecule has 5 heteroatoms. The van der Waals surface area contributed by atoms with Crippen molar-refractivity contribution in [2.45, 2.75) is 111 Å². The van der Waals surface area contributed by atoms with Crippen LogP contribution in [0.3, 0.4) is 0 Å². The van der Waals surface area contributed by atoms with E-state index in [4.69, 9.17) is 15.2 Å². The van der Waals surface area contributed by atoms with E-state index in [0.717, 1.165) is 25.7 Å². The number of carbonyl (C=O) groups excluding carboxylic acids is 2. The molecule has 0 aliphatic heterocycles. The molecule has 2 saturated carbocycles. The fourth-order valence-corrected chi connectivity index (χ4v) is 5.36. The zero-order valence-corrected chi connectivity index (χ0v) is 20.1. The van der Waals surface area contributed by atoms with Crippen LogP contribution in [-0.4, -0.2) is 30.2 Å². The zero-order chi connectivity index (χ0) is 22.4. The normalized spacial score (nSPS) is 33.4. The molecule has 7 atom stereocenters. The zero-order valence-electron chi connectivity index (χ0n) is 20.1. The monoisotopic (exact) mass is 423 g/mol. The van der Waals surface area contributed by atoms with Crippen LogP contribution in [0.25, 0.3) is 0 Å². The van der Waals surface area contributed by atoms with Gasteiger partial charge >= 0.3 is 11.9 Å². The second-order valence-electron chi connectivity index (χ2n) is 10.8. The van der Waals surface area contributed by atoms with Crippen molar-refractivity contribution in [1.82, 2.24) is 0 Å². The molecule has 0 spiro atoms. The molecule has 174 valence electrons. The van der Waals surface area contributed by atoms with Gasteiger partial charge in [-0.15, -0.1) is 0 Å². The van der Waals surface area contributed by atoms with Crippen molar-refractivity contribution in [3.63, 3.8) is 0 Å². The molecule has 2 fully saturated rings. The number of rotatable bonds is 8. The van der Waals surface area contributed by atoms with Crippen LogP contribution in [0.15, 0.2) is 0 Å². The van der Waals surface area contributed by atoms with Crippen LogP contribution in [0.1, 0.15) is 92.9 Å². The molecule has 7 unspecified atom stereocenters. The highest BCUT2D eigenvalue weighted by molar-refractivity contribution is 5.77. The lowest BCUT2D eigenvalue weighted by Crippen LogP contribution is -2.41. The Morgan fingerprint density at radius 1 is 0.833 bits per heavy atom. The van der Waals surface area contributed by atoms with E-state index in [1.54, 1.807) is 0 Å². The Balaban J connectivity index is 1.81. The third kappa shape index (κ3) is 7.25. The van der Waals surface area contributed by atoms with E-state index in [0.29, 0.717) is 35.5 Å². The summed E-state index contributed by atoms with van der Waals surface area (Å²) in [6.45, 7) is 13.2. The third-order valence-corrected chi connectivity index (χ3v) is 7.44. The first-order valence-corrected chi connectivity index (χ1v) is 12.2. The Morgan fingerprint density at radius 2 is 1.30 bits per heavy atom. The topological polar surface area (TPSA) is 78.6 Å². The predicted octanol–water partition coefficient (Wildman–Crippen LogP) is 5.10. The summed E-state index contributed by atoms with van der Waals surface area (Å²) >= 11 is 0. The molecule has 30 heavy (non-hydrogen) atoms. The summed E-state index contributed by atoms with van der Waals surface area (Å²) < 4.78 is 11.7. The minimum Gasteiger partial charge on any atom is -0.462 e. The fourth-order valence-electron chi connectivity index (χ4n) is 5.36.